The molecule has 0 aromatic carbocycles. The first-order valence-electron chi connectivity index (χ1n) is 4.58. The molecule has 1 unspecified atom stereocenters. The van der Waals surface area contributed by atoms with Crippen molar-refractivity contribution in [3.8, 4) is 0 Å². The first-order valence-corrected chi connectivity index (χ1v) is 4.58. The fraction of sp³-hybridized carbons (Fsp3) is 1.00. The number of morpholine rings is 1. The molecule has 1 aliphatic rings. The third kappa shape index (κ3) is 2.73. The van der Waals surface area contributed by atoms with Gasteiger partial charge in [0.25, 0.3) is 0 Å². The van der Waals surface area contributed by atoms with Gasteiger partial charge in [-0.25, -0.2) is 0 Å². The van der Waals surface area contributed by atoms with E-state index in [1.807, 2.05) is 0 Å². The fourth-order valence-corrected chi connectivity index (χ4v) is 1.50. The van der Waals surface area contributed by atoms with Gasteiger partial charge in [0.1, 0.15) is 0 Å². The van der Waals surface area contributed by atoms with Crippen molar-refractivity contribution in [3.63, 3.8) is 0 Å². The first kappa shape index (κ1) is 9.96. The van der Waals surface area contributed by atoms with Crippen molar-refractivity contribution < 1.29 is 9.47 Å². The lowest BCUT2D eigenvalue weighted by atomic mass is 10.2. The number of rotatable bonds is 3. The molecular formula is C9H19NO2. The van der Waals surface area contributed by atoms with Gasteiger partial charge in [0, 0.05) is 26.2 Å². The van der Waals surface area contributed by atoms with Crippen LogP contribution in [0, 0.1) is 0 Å². The van der Waals surface area contributed by atoms with Gasteiger partial charge in [-0.2, -0.15) is 0 Å². The van der Waals surface area contributed by atoms with Crippen LogP contribution in [0.3, 0.4) is 0 Å². The van der Waals surface area contributed by atoms with Crippen LogP contribution in [0.1, 0.15) is 13.8 Å². The Morgan fingerprint density at radius 1 is 1.58 bits per heavy atom. The van der Waals surface area contributed by atoms with E-state index in [2.05, 4.69) is 18.7 Å². The smallest absolute Gasteiger partial charge is 0.0935 e. The second kappa shape index (κ2) is 4.80. The van der Waals surface area contributed by atoms with Crippen molar-refractivity contribution in [2.75, 3.05) is 33.4 Å². The monoisotopic (exact) mass is 173 g/mol. The Morgan fingerprint density at radius 3 is 2.92 bits per heavy atom. The Bertz CT molecular complexity index is 126. The maximum absolute atomic E-state index is 5.53. The van der Waals surface area contributed by atoms with Crippen LogP contribution in [0.25, 0.3) is 0 Å². The molecule has 12 heavy (non-hydrogen) atoms. The Balaban J connectivity index is 2.30. The molecule has 0 aromatic rings. The van der Waals surface area contributed by atoms with E-state index in [4.69, 9.17) is 9.47 Å². The summed E-state index contributed by atoms with van der Waals surface area (Å²) >= 11 is 0. The SMILES string of the molecule is COCC1CN(C(C)C)CCO1. The summed E-state index contributed by atoms with van der Waals surface area (Å²) in [4.78, 5) is 2.42. The zero-order valence-electron chi connectivity index (χ0n) is 8.25. The molecule has 0 bridgehead atoms. The zero-order valence-corrected chi connectivity index (χ0v) is 8.25. The lowest BCUT2D eigenvalue weighted by molar-refractivity contribution is -0.0684. The summed E-state index contributed by atoms with van der Waals surface area (Å²) in [6.07, 6.45) is 0.270. The highest BCUT2D eigenvalue weighted by Crippen LogP contribution is 2.08. The molecule has 3 heteroatoms. The van der Waals surface area contributed by atoms with E-state index >= 15 is 0 Å². The quantitative estimate of drug-likeness (QED) is 0.628. The number of hydrogen-bond donors (Lipinski definition) is 0. The summed E-state index contributed by atoms with van der Waals surface area (Å²) < 4.78 is 10.6. The molecule has 0 N–H and O–H groups in total. The van der Waals surface area contributed by atoms with E-state index in [9.17, 15) is 0 Å². The predicted molar refractivity (Wildman–Crippen MR) is 48.3 cm³/mol. The van der Waals surface area contributed by atoms with Crippen molar-refractivity contribution in [2.24, 2.45) is 0 Å². The molecule has 72 valence electrons. The molecule has 3 nitrogen and oxygen atoms in total. The normalized spacial score (nSPS) is 26.5. The Morgan fingerprint density at radius 2 is 2.33 bits per heavy atom. The molecule has 0 saturated carbocycles. The number of ether oxygens (including phenoxy) is 2. The van der Waals surface area contributed by atoms with Gasteiger partial charge < -0.3 is 9.47 Å². The molecule has 1 fully saturated rings. The Labute approximate surface area is 74.6 Å². The Kier molecular flexibility index (Phi) is 3.98. The van der Waals surface area contributed by atoms with E-state index in [0.29, 0.717) is 12.6 Å². The van der Waals surface area contributed by atoms with Crippen molar-refractivity contribution in [3.05, 3.63) is 0 Å². The van der Waals surface area contributed by atoms with Crippen molar-refractivity contribution in [2.45, 2.75) is 26.0 Å². The highest BCUT2D eigenvalue weighted by Gasteiger charge is 2.21. The molecule has 1 atom stereocenters. The second-order valence-electron chi connectivity index (χ2n) is 3.54. The fourth-order valence-electron chi connectivity index (χ4n) is 1.50. The van der Waals surface area contributed by atoms with Gasteiger partial charge in [-0.3, -0.25) is 4.90 Å². The van der Waals surface area contributed by atoms with Crippen LogP contribution in [0.4, 0.5) is 0 Å². The molecule has 1 heterocycles. The van der Waals surface area contributed by atoms with E-state index in [1.165, 1.54) is 0 Å². The molecular weight excluding hydrogens is 154 g/mol. The van der Waals surface area contributed by atoms with Gasteiger partial charge >= 0.3 is 0 Å². The topological polar surface area (TPSA) is 21.7 Å². The van der Waals surface area contributed by atoms with Gasteiger partial charge in [-0.05, 0) is 13.8 Å². The standard InChI is InChI=1S/C9H19NO2/c1-8(2)10-4-5-12-9(6-10)7-11-3/h8-9H,4-7H2,1-3H3. The van der Waals surface area contributed by atoms with Crippen LogP contribution < -0.4 is 0 Å². The van der Waals surface area contributed by atoms with E-state index in [-0.39, 0.29) is 6.10 Å². The van der Waals surface area contributed by atoms with Crippen LogP contribution in [0.2, 0.25) is 0 Å². The van der Waals surface area contributed by atoms with Crippen molar-refractivity contribution in [1.82, 2.24) is 4.90 Å². The second-order valence-corrected chi connectivity index (χ2v) is 3.54. The molecule has 0 radical (unpaired) electrons. The Hall–Kier alpha value is -0.120. The van der Waals surface area contributed by atoms with Crippen LogP contribution in [-0.4, -0.2) is 50.5 Å². The van der Waals surface area contributed by atoms with E-state index < -0.39 is 0 Å². The number of hydrogen-bond acceptors (Lipinski definition) is 3. The third-order valence-corrected chi connectivity index (χ3v) is 2.25. The predicted octanol–water partition coefficient (Wildman–Crippen LogP) is 0.742. The maximum atomic E-state index is 5.53. The summed E-state index contributed by atoms with van der Waals surface area (Å²) in [5.74, 6) is 0. The van der Waals surface area contributed by atoms with Gasteiger partial charge in [0.05, 0.1) is 19.3 Å². The maximum Gasteiger partial charge on any atom is 0.0935 e. The van der Waals surface area contributed by atoms with Gasteiger partial charge in [-0.15, -0.1) is 0 Å². The number of nitrogens with zero attached hydrogens (tertiary/aromatic N) is 1. The largest absolute Gasteiger partial charge is 0.382 e. The average molecular weight is 173 g/mol. The van der Waals surface area contributed by atoms with Crippen LogP contribution in [0.15, 0.2) is 0 Å². The van der Waals surface area contributed by atoms with Crippen molar-refractivity contribution >= 4 is 0 Å². The minimum atomic E-state index is 0.270. The lowest BCUT2D eigenvalue weighted by Gasteiger charge is -2.35. The number of methoxy groups -OCH3 is 1. The third-order valence-electron chi connectivity index (χ3n) is 2.25. The van der Waals surface area contributed by atoms with Gasteiger partial charge in [-0.1, -0.05) is 0 Å². The van der Waals surface area contributed by atoms with Crippen LogP contribution in [0.5, 0.6) is 0 Å². The molecule has 0 spiro atoms. The minimum absolute atomic E-state index is 0.270. The summed E-state index contributed by atoms with van der Waals surface area (Å²) in [6, 6.07) is 0.619. The lowest BCUT2D eigenvalue weighted by Crippen LogP contribution is -2.47. The highest BCUT2D eigenvalue weighted by molar-refractivity contribution is 4.73. The molecule has 1 rings (SSSR count). The average Bonchev–Trinajstić information content (AvgIpc) is 2.05. The molecule has 1 aliphatic heterocycles. The summed E-state index contributed by atoms with van der Waals surface area (Å²) in [7, 11) is 1.72. The molecule has 0 amide bonds. The van der Waals surface area contributed by atoms with Crippen molar-refractivity contribution in [1.29, 1.82) is 0 Å². The van der Waals surface area contributed by atoms with E-state index in [1.54, 1.807) is 7.11 Å². The van der Waals surface area contributed by atoms with E-state index in [0.717, 1.165) is 19.7 Å². The molecule has 1 saturated heterocycles. The summed E-state index contributed by atoms with van der Waals surface area (Å²) in [5, 5.41) is 0. The molecule has 0 aromatic heterocycles. The molecule has 0 aliphatic carbocycles. The summed E-state index contributed by atoms with van der Waals surface area (Å²) in [6.45, 7) is 8.04. The minimum Gasteiger partial charge on any atom is -0.382 e. The van der Waals surface area contributed by atoms with Gasteiger partial charge in [0.2, 0.25) is 0 Å². The van der Waals surface area contributed by atoms with Crippen LogP contribution in [-0.2, 0) is 9.47 Å². The summed E-state index contributed by atoms with van der Waals surface area (Å²) in [5.41, 5.74) is 0. The zero-order chi connectivity index (χ0) is 8.97. The van der Waals surface area contributed by atoms with Gasteiger partial charge in [0.15, 0.2) is 0 Å². The highest BCUT2D eigenvalue weighted by atomic mass is 16.5. The first-order chi connectivity index (χ1) is 5.74. The van der Waals surface area contributed by atoms with Crippen LogP contribution >= 0.6 is 0 Å².